The van der Waals surface area contributed by atoms with Gasteiger partial charge in [-0.1, -0.05) is 24.3 Å². The number of carbonyl (C=O) groups is 1. The zero-order valence-electron chi connectivity index (χ0n) is 14.1. The normalized spacial score (nSPS) is 13.3. The van der Waals surface area contributed by atoms with Gasteiger partial charge < -0.3 is 20.6 Å². The van der Waals surface area contributed by atoms with E-state index in [0.717, 1.165) is 21.7 Å². The van der Waals surface area contributed by atoms with Crippen molar-refractivity contribution < 1.29 is 20.1 Å². The lowest BCUT2D eigenvalue weighted by Crippen LogP contribution is -2.15. The lowest BCUT2D eigenvalue weighted by molar-refractivity contribution is -0.114. The molecule has 1 amide bonds. The maximum Gasteiger partial charge on any atom is 0.221 e. The molecule has 134 valence electrons. The number of hydrogen-bond acceptors (Lipinski definition) is 5. The van der Waals surface area contributed by atoms with Crippen LogP contribution in [0, 0.1) is 0 Å². The van der Waals surface area contributed by atoms with Gasteiger partial charge in [0.2, 0.25) is 5.91 Å². The highest BCUT2D eigenvalue weighted by molar-refractivity contribution is 7.99. The monoisotopic (exact) mass is 361 g/mol. The average Bonchev–Trinajstić information content (AvgIpc) is 2.60. The second-order valence-corrected chi connectivity index (χ2v) is 6.91. The molecule has 2 aromatic rings. The van der Waals surface area contributed by atoms with Crippen LogP contribution in [0.5, 0.6) is 0 Å². The molecule has 0 aliphatic carbocycles. The molecule has 0 bridgehead atoms. The van der Waals surface area contributed by atoms with E-state index >= 15 is 0 Å². The minimum absolute atomic E-state index is 0.0314. The van der Waals surface area contributed by atoms with Crippen LogP contribution in [0.15, 0.2) is 53.4 Å². The van der Waals surface area contributed by atoms with E-state index in [9.17, 15) is 15.0 Å². The minimum Gasteiger partial charge on any atom is -0.392 e. The second-order valence-electron chi connectivity index (χ2n) is 5.82. The molecule has 0 aromatic heterocycles. The van der Waals surface area contributed by atoms with Crippen molar-refractivity contribution in [2.45, 2.75) is 37.1 Å². The molecule has 0 saturated heterocycles. The van der Waals surface area contributed by atoms with Crippen molar-refractivity contribution in [3.05, 3.63) is 59.7 Å². The quantitative estimate of drug-likeness (QED) is 0.543. The van der Waals surface area contributed by atoms with Crippen molar-refractivity contribution in [3.8, 4) is 0 Å². The third-order valence-electron chi connectivity index (χ3n) is 3.66. The average molecular weight is 361 g/mol. The van der Waals surface area contributed by atoms with Crippen LogP contribution in [0.1, 0.15) is 30.6 Å². The third-order valence-corrected chi connectivity index (χ3v) is 4.82. The molecule has 0 aliphatic rings. The first-order valence-electron chi connectivity index (χ1n) is 8.04. The first-order valence-corrected chi connectivity index (χ1v) is 9.02. The van der Waals surface area contributed by atoms with Gasteiger partial charge in [-0.3, -0.25) is 4.79 Å². The molecule has 2 rings (SSSR count). The molecule has 0 aliphatic heterocycles. The highest BCUT2D eigenvalue weighted by atomic mass is 32.2. The standard InChI is InChI=1S/C19H23NO4S/c1-13(22)20-16-6-8-18(9-7-16)25-12-17(23)10-19(24)15-4-2-14(11-21)3-5-15/h2-9,17,19,21,23-24H,10-12H2,1H3,(H,20,22)/t17-,19+/m1/s1. The Kier molecular flexibility index (Phi) is 7.46. The van der Waals surface area contributed by atoms with Crippen molar-refractivity contribution in [2.24, 2.45) is 0 Å². The van der Waals surface area contributed by atoms with Crippen LogP contribution in [-0.4, -0.2) is 33.1 Å². The summed E-state index contributed by atoms with van der Waals surface area (Å²) in [5.74, 6) is 0.350. The summed E-state index contributed by atoms with van der Waals surface area (Å²) < 4.78 is 0. The fraction of sp³-hybridized carbons (Fsp3) is 0.316. The van der Waals surface area contributed by atoms with Gasteiger partial charge in [0.25, 0.3) is 0 Å². The van der Waals surface area contributed by atoms with Crippen molar-refractivity contribution in [2.75, 3.05) is 11.1 Å². The van der Waals surface area contributed by atoms with Gasteiger partial charge in [-0.05, 0) is 35.4 Å². The molecule has 5 nitrogen and oxygen atoms in total. The smallest absolute Gasteiger partial charge is 0.221 e. The molecule has 2 atom stereocenters. The number of aliphatic hydroxyl groups excluding tert-OH is 3. The van der Waals surface area contributed by atoms with Crippen LogP contribution in [0.4, 0.5) is 5.69 Å². The highest BCUT2D eigenvalue weighted by Crippen LogP contribution is 2.25. The summed E-state index contributed by atoms with van der Waals surface area (Å²) in [7, 11) is 0. The summed E-state index contributed by atoms with van der Waals surface area (Å²) >= 11 is 1.49. The second kappa shape index (κ2) is 9.58. The van der Waals surface area contributed by atoms with Crippen LogP contribution in [0.25, 0.3) is 0 Å². The lowest BCUT2D eigenvalue weighted by Gasteiger charge is -2.16. The van der Waals surface area contributed by atoms with E-state index in [1.54, 1.807) is 24.3 Å². The van der Waals surface area contributed by atoms with Gasteiger partial charge in [-0.25, -0.2) is 0 Å². The van der Waals surface area contributed by atoms with Crippen LogP contribution in [-0.2, 0) is 11.4 Å². The first-order chi connectivity index (χ1) is 12.0. The van der Waals surface area contributed by atoms with Crippen molar-refractivity contribution in [1.82, 2.24) is 0 Å². The number of nitrogens with one attached hydrogen (secondary N) is 1. The van der Waals surface area contributed by atoms with Crippen LogP contribution < -0.4 is 5.32 Å². The van der Waals surface area contributed by atoms with Crippen molar-refractivity contribution in [3.63, 3.8) is 0 Å². The zero-order valence-corrected chi connectivity index (χ0v) is 14.9. The summed E-state index contributed by atoms with van der Waals surface area (Å²) in [4.78, 5) is 12.0. The predicted octanol–water partition coefficient (Wildman–Crippen LogP) is 2.71. The maximum atomic E-state index is 11.0. The van der Waals surface area contributed by atoms with Crippen LogP contribution in [0.3, 0.4) is 0 Å². The summed E-state index contributed by atoms with van der Waals surface area (Å²) in [5.41, 5.74) is 2.25. The van der Waals surface area contributed by atoms with E-state index in [2.05, 4.69) is 5.32 Å². The molecule has 0 heterocycles. The Balaban J connectivity index is 1.81. The Morgan fingerprint density at radius 1 is 1.08 bits per heavy atom. The van der Waals surface area contributed by atoms with E-state index in [1.165, 1.54) is 18.7 Å². The SMILES string of the molecule is CC(=O)Nc1ccc(SC[C@H](O)C[C@H](O)c2ccc(CO)cc2)cc1. The van der Waals surface area contributed by atoms with Crippen molar-refractivity contribution >= 4 is 23.4 Å². The minimum atomic E-state index is -0.745. The Bertz CT molecular complexity index is 673. The molecule has 6 heteroatoms. The largest absolute Gasteiger partial charge is 0.392 e. The molecule has 0 saturated carbocycles. The summed E-state index contributed by atoms with van der Waals surface area (Å²) in [6.07, 6.45) is -1.15. The Morgan fingerprint density at radius 3 is 2.28 bits per heavy atom. The molecule has 0 unspecified atom stereocenters. The Hall–Kier alpha value is -1.86. The summed E-state index contributed by atoms with van der Waals surface area (Å²) in [6, 6.07) is 14.4. The Labute approximate surface area is 151 Å². The number of amides is 1. The van der Waals surface area contributed by atoms with Crippen LogP contribution >= 0.6 is 11.8 Å². The van der Waals surface area contributed by atoms with Gasteiger partial charge in [0.15, 0.2) is 0 Å². The number of anilines is 1. The van der Waals surface area contributed by atoms with Crippen LogP contribution in [0.2, 0.25) is 0 Å². The van der Waals surface area contributed by atoms with E-state index in [0.29, 0.717) is 5.75 Å². The van der Waals surface area contributed by atoms with Gasteiger partial charge in [0.1, 0.15) is 0 Å². The molecule has 25 heavy (non-hydrogen) atoms. The highest BCUT2D eigenvalue weighted by Gasteiger charge is 2.14. The van der Waals surface area contributed by atoms with E-state index in [-0.39, 0.29) is 18.9 Å². The third kappa shape index (κ3) is 6.51. The van der Waals surface area contributed by atoms with Gasteiger partial charge >= 0.3 is 0 Å². The number of aliphatic hydroxyl groups is 3. The molecule has 4 N–H and O–H groups in total. The molecule has 0 radical (unpaired) electrons. The Morgan fingerprint density at radius 2 is 1.72 bits per heavy atom. The zero-order chi connectivity index (χ0) is 18.2. The molecular formula is C19H23NO4S. The van der Waals surface area contributed by atoms with Gasteiger partial charge in [-0.2, -0.15) is 0 Å². The lowest BCUT2D eigenvalue weighted by atomic mass is 10.0. The van der Waals surface area contributed by atoms with Crippen molar-refractivity contribution in [1.29, 1.82) is 0 Å². The first kappa shape index (κ1) is 19.5. The molecular weight excluding hydrogens is 338 g/mol. The van der Waals surface area contributed by atoms with E-state index in [1.807, 2.05) is 24.3 Å². The number of thioether (sulfide) groups is 1. The predicted molar refractivity (Wildman–Crippen MR) is 99.4 cm³/mol. The molecule has 0 spiro atoms. The van der Waals surface area contributed by atoms with Gasteiger partial charge in [-0.15, -0.1) is 11.8 Å². The number of carbonyl (C=O) groups excluding carboxylic acids is 1. The summed E-state index contributed by atoms with van der Waals surface area (Å²) in [5, 5.41) is 32.1. The maximum absolute atomic E-state index is 11.0. The van der Waals surface area contributed by atoms with Gasteiger partial charge in [0, 0.05) is 29.7 Å². The fourth-order valence-electron chi connectivity index (χ4n) is 2.34. The number of rotatable bonds is 8. The number of hydrogen-bond donors (Lipinski definition) is 4. The summed E-state index contributed by atoms with van der Waals surface area (Å²) in [6.45, 7) is 1.43. The topological polar surface area (TPSA) is 89.8 Å². The van der Waals surface area contributed by atoms with Gasteiger partial charge in [0.05, 0.1) is 18.8 Å². The van der Waals surface area contributed by atoms with E-state index < -0.39 is 12.2 Å². The number of benzene rings is 2. The molecule has 0 fully saturated rings. The fourth-order valence-corrected chi connectivity index (χ4v) is 3.19. The molecule has 2 aromatic carbocycles. The van der Waals surface area contributed by atoms with E-state index in [4.69, 9.17) is 5.11 Å².